The van der Waals surface area contributed by atoms with E-state index < -0.39 is 16.4 Å². The van der Waals surface area contributed by atoms with Gasteiger partial charge in [-0.25, -0.2) is 18.1 Å². The Morgan fingerprint density at radius 3 is 2.33 bits per heavy atom. The van der Waals surface area contributed by atoms with Gasteiger partial charge in [0.1, 0.15) is 5.82 Å². The minimum Gasteiger partial charge on any atom is -0.392 e. The molecule has 0 amide bonds. The lowest BCUT2D eigenvalue weighted by Gasteiger charge is -2.17. The van der Waals surface area contributed by atoms with Crippen LogP contribution in [-0.2, 0) is 22.9 Å². The summed E-state index contributed by atoms with van der Waals surface area (Å²) in [4.78, 5) is 4.54. The molecule has 0 saturated heterocycles. The van der Waals surface area contributed by atoms with Crippen LogP contribution in [0.2, 0.25) is 10.0 Å². The molecule has 0 bridgehead atoms. The molecule has 11 heteroatoms. The van der Waals surface area contributed by atoms with Gasteiger partial charge in [-0.05, 0) is 66.9 Å². The van der Waals surface area contributed by atoms with Crippen molar-refractivity contribution in [3.8, 4) is 22.5 Å². The lowest BCUT2D eigenvalue weighted by Crippen LogP contribution is -2.09. The summed E-state index contributed by atoms with van der Waals surface area (Å²) in [6, 6.07) is 16.5. The number of nitrogens with zero attached hydrogens (tertiary/aromatic N) is 5. The van der Waals surface area contributed by atoms with Gasteiger partial charge in [-0.2, -0.15) is 0 Å². The van der Waals surface area contributed by atoms with E-state index in [9.17, 15) is 13.5 Å². The van der Waals surface area contributed by atoms with Crippen LogP contribution in [0.25, 0.3) is 22.5 Å². The Morgan fingerprint density at radius 2 is 1.69 bits per heavy atom. The van der Waals surface area contributed by atoms with Crippen LogP contribution in [0.5, 0.6) is 0 Å². The van der Waals surface area contributed by atoms with Crippen LogP contribution in [0.4, 0.5) is 0 Å². The zero-order valence-electron chi connectivity index (χ0n) is 21.4. The van der Waals surface area contributed by atoms with Gasteiger partial charge in [0.25, 0.3) is 0 Å². The van der Waals surface area contributed by atoms with E-state index in [0.29, 0.717) is 22.6 Å². The Bertz CT molecular complexity index is 1790. The third-order valence-electron chi connectivity index (χ3n) is 6.43. The quantitative estimate of drug-likeness (QED) is 0.271. The molecule has 1 N–H and O–H groups in total. The number of sulfone groups is 1. The summed E-state index contributed by atoms with van der Waals surface area (Å²) >= 11 is 12.5. The third-order valence-corrected chi connectivity index (χ3v) is 8.18. The van der Waals surface area contributed by atoms with Crippen molar-refractivity contribution in [3.63, 3.8) is 0 Å². The number of rotatable bonds is 7. The first-order valence-electron chi connectivity index (χ1n) is 12.0. The molecule has 3 aromatic carbocycles. The Kier molecular flexibility index (Phi) is 7.35. The standard InChI is InChI=1S/C28H25Cl2N5O3S/c1-17-15-34(18(2)32-17)26-9-6-20(21-11-25(30)24(16-36)28(13-21)39(3,37)38)12-27(26)35-23(14-31-33-35)10-19-4-7-22(29)8-5-19/h4-9,11-15,36H,10,16H2,1-3H3. The molecule has 0 fully saturated rings. The highest BCUT2D eigenvalue weighted by atomic mass is 35.5. The van der Waals surface area contributed by atoms with Crippen molar-refractivity contribution in [1.82, 2.24) is 24.5 Å². The largest absolute Gasteiger partial charge is 0.392 e. The molecule has 0 atom stereocenters. The first-order valence-corrected chi connectivity index (χ1v) is 14.6. The van der Waals surface area contributed by atoms with Gasteiger partial charge >= 0.3 is 0 Å². The molecule has 2 heterocycles. The zero-order chi connectivity index (χ0) is 27.9. The minimum absolute atomic E-state index is 0.0108. The third kappa shape index (κ3) is 5.49. The number of halogens is 2. The zero-order valence-corrected chi connectivity index (χ0v) is 23.8. The smallest absolute Gasteiger partial charge is 0.175 e. The number of imidazole rings is 1. The van der Waals surface area contributed by atoms with Gasteiger partial charge in [0.15, 0.2) is 9.84 Å². The lowest BCUT2D eigenvalue weighted by atomic mass is 10.0. The Hall–Kier alpha value is -3.50. The molecule has 0 aliphatic rings. The highest BCUT2D eigenvalue weighted by Crippen LogP contribution is 2.34. The first kappa shape index (κ1) is 27.1. The van der Waals surface area contributed by atoms with E-state index in [1.807, 2.05) is 67.1 Å². The molecule has 0 aliphatic carbocycles. The summed E-state index contributed by atoms with van der Waals surface area (Å²) in [6.45, 7) is 3.36. The molecule has 39 heavy (non-hydrogen) atoms. The number of hydrogen-bond donors (Lipinski definition) is 1. The fraction of sp³-hybridized carbons (Fsp3) is 0.179. The number of hydrogen-bond acceptors (Lipinski definition) is 6. The van der Waals surface area contributed by atoms with Crippen molar-refractivity contribution in [3.05, 3.63) is 105 Å². The molecule has 0 saturated carbocycles. The lowest BCUT2D eigenvalue weighted by molar-refractivity contribution is 0.278. The molecule has 200 valence electrons. The maximum Gasteiger partial charge on any atom is 0.175 e. The number of aryl methyl sites for hydroxylation is 2. The predicted octanol–water partition coefficient (Wildman–Crippen LogP) is 5.53. The van der Waals surface area contributed by atoms with E-state index >= 15 is 0 Å². The molecule has 8 nitrogen and oxygen atoms in total. The molecular formula is C28H25Cl2N5O3S. The van der Waals surface area contributed by atoms with E-state index in [4.69, 9.17) is 23.2 Å². The Balaban J connectivity index is 1.71. The van der Waals surface area contributed by atoms with Crippen LogP contribution in [0, 0.1) is 13.8 Å². The van der Waals surface area contributed by atoms with Gasteiger partial charge in [0.2, 0.25) is 0 Å². The van der Waals surface area contributed by atoms with Crippen LogP contribution in [0.1, 0.15) is 28.3 Å². The van der Waals surface area contributed by atoms with E-state index in [1.165, 1.54) is 6.07 Å². The second-order valence-corrected chi connectivity index (χ2v) is 12.1. The maximum atomic E-state index is 12.5. The summed E-state index contributed by atoms with van der Waals surface area (Å²) in [7, 11) is -3.64. The fourth-order valence-electron chi connectivity index (χ4n) is 4.59. The van der Waals surface area contributed by atoms with Crippen LogP contribution in [0.15, 0.2) is 71.9 Å². The van der Waals surface area contributed by atoms with Crippen molar-refractivity contribution in [2.45, 2.75) is 31.8 Å². The molecular weight excluding hydrogens is 557 g/mol. The summed E-state index contributed by atoms with van der Waals surface area (Å²) in [5.74, 6) is 0.801. The van der Waals surface area contributed by atoms with Crippen molar-refractivity contribution < 1.29 is 13.5 Å². The molecule has 0 radical (unpaired) electrons. The number of benzene rings is 3. The van der Waals surface area contributed by atoms with Crippen LogP contribution >= 0.6 is 23.2 Å². The van der Waals surface area contributed by atoms with Crippen LogP contribution < -0.4 is 0 Å². The van der Waals surface area contributed by atoms with Gasteiger partial charge in [-0.1, -0.05) is 46.6 Å². The number of aliphatic hydroxyl groups is 1. The number of aliphatic hydroxyl groups excluding tert-OH is 1. The number of aromatic nitrogens is 5. The molecule has 0 spiro atoms. The molecule has 5 aromatic rings. The molecule has 0 unspecified atom stereocenters. The van der Waals surface area contributed by atoms with E-state index in [1.54, 1.807) is 16.9 Å². The second-order valence-electron chi connectivity index (χ2n) is 9.31. The average Bonchev–Trinajstić information content (AvgIpc) is 3.49. The van der Waals surface area contributed by atoms with Gasteiger partial charge in [0, 0.05) is 34.5 Å². The highest BCUT2D eigenvalue weighted by Gasteiger charge is 2.20. The van der Waals surface area contributed by atoms with Crippen molar-refractivity contribution in [2.75, 3.05) is 6.26 Å². The van der Waals surface area contributed by atoms with Gasteiger partial charge in [-0.15, -0.1) is 5.10 Å². The summed E-state index contributed by atoms with van der Waals surface area (Å²) in [5.41, 5.74) is 5.77. The van der Waals surface area contributed by atoms with Crippen molar-refractivity contribution in [2.24, 2.45) is 0 Å². The Labute approximate surface area is 236 Å². The van der Waals surface area contributed by atoms with Gasteiger partial charge in [0.05, 0.1) is 40.5 Å². The van der Waals surface area contributed by atoms with Crippen molar-refractivity contribution >= 4 is 33.0 Å². The monoisotopic (exact) mass is 581 g/mol. The SMILES string of the molecule is Cc1cn(-c2ccc(-c3cc(Cl)c(CO)c(S(C)(=O)=O)c3)cc2-n2nncc2Cc2ccc(Cl)cc2)c(C)n1. The van der Waals surface area contributed by atoms with Crippen molar-refractivity contribution in [1.29, 1.82) is 0 Å². The minimum atomic E-state index is -3.64. The summed E-state index contributed by atoms with van der Waals surface area (Å²) in [5, 5.41) is 19.2. The van der Waals surface area contributed by atoms with E-state index in [2.05, 4.69) is 15.3 Å². The average molecular weight is 583 g/mol. The molecule has 2 aromatic heterocycles. The first-order chi connectivity index (χ1) is 18.5. The van der Waals surface area contributed by atoms with E-state index in [-0.39, 0.29) is 15.5 Å². The van der Waals surface area contributed by atoms with Crippen LogP contribution in [-0.4, -0.2) is 44.3 Å². The fourth-order valence-corrected chi connectivity index (χ4v) is 6.02. The maximum absolute atomic E-state index is 12.5. The van der Waals surface area contributed by atoms with Crippen LogP contribution in [0.3, 0.4) is 0 Å². The predicted molar refractivity (Wildman–Crippen MR) is 152 cm³/mol. The molecule has 5 rings (SSSR count). The Morgan fingerprint density at radius 1 is 0.949 bits per heavy atom. The molecule has 0 aliphatic heterocycles. The second kappa shape index (κ2) is 10.6. The highest BCUT2D eigenvalue weighted by molar-refractivity contribution is 7.90. The van der Waals surface area contributed by atoms with Gasteiger partial charge < -0.3 is 9.67 Å². The summed E-state index contributed by atoms with van der Waals surface area (Å²) in [6.07, 6.45) is 5.31. The normalized spacial score (nSPS) is 11.7. The van der Waals surface area contributed by atoms with E-state index in [0.717, 1.165) is 40.4 Å². The summed E-state index contributed by atoms with van der Waals surface area (Å²) < 4.78 is 28.8. The van der Waals surface area contributed by atoms with Gasteiger partial charge in [-0.3, -0.25) is 0 Å². The topological polar surface area (TPSA) is 103 Å².